The molecule has 0 aromatic heterocycles. The van der Waals surface area contributed by atoms with Crippen LogP contribution in [0.3, 0.4) is 0 Å². The molecule has 0 bridgehead atoms. The fourth-order valence-electron chi connectivity index (χ4n) is 2.50. The van der Waals surface area contributed by atoms with E-state index >= 15 is 0 Å². The zero-order chi connectivity index (χ0) is 10.1. The Morgan fingerprint density at radius 2 is 2.08 bits per heavy atom. The lowest BCUT2D eigenvalue weighted by atomic mass is 9.68. The highest BCUT2D eigenvalue weighted by Crippen LogP contribution is 2.40. The lowest BCUT2D eigenvalue weighted by Gasteiger charge is -2.39. The van der Waals surface area contributed by atoms with Crippen molar-refractivity contribution in [2.75, 3.05) is 0 Å². The van der Waals surface area contributed by atoms with Crippen LogP contribution in [0.5, 0.6) is 0 Å². The molecule has 0 spiro atoms. The first kappa shape index (κ1) is 10.5. The number of nitrogens with zero attached hydrogens (tertiary/aromatic N) is 1. The van der Waals surface area contributed by atoms with Gasteiger partial charge in [-0.05, 0) is 24.7 Å². The van der Waals surface area contributed by atoms with Crippen molar-refractivity contribution in [3.63, 3.8) is 0 Å². The average Bonchev–Trinajstić information content (AvgIpc) is 2.03. The normalized spacial score (nSPS) is 40.3. The predicted octanol–water partition coefficient (Wildman–Crippen LogP) is 2.33. The molecule has 2 nitrogen and oxygen atoms in total. The maximum absolute atomic E-state index is 10.1. The molecular weight excluding hydrogens is 162 g/mol. The second-order valence-electron chi connectivity index (χ2n) is 4.77. The largest absolute Gasteiger partial charge is 0.375 e. The van der Waals surface area contributed by atoms with Gasteiger partial charge in [0.1, 0.15) is 0 Å². The van der Waals surface area contributed by atoms with Crippen molar-refractivity contribution in [3.05, 3.63) is 0 Å². The van der Waals surface area contributed by atoms with Crippen molar-refractivity contribution in [2.24, 2.45) is 17.8 Å². The third-order valence-electron chi connectivity index (χ3n) is 3.24. The SMILES string of the molecule is CC1CCC(C(C)C)C(O)(C#N)C1. The number of rotatable bonds is 1. The third kappa shape index (κ3) is 2.03. The van der Waals surface area contributed by atoms with E-state index in [-0.39, 0.29) is 5.92 Å². The highest BCUT2D eigenvalue weighted by Gasteiger charge is 2.42. The molecular formula is C11H19NO. The second-order valence-corrected chi connectivity index (χ2v) is 4.77. The minimum atomic E-state index is -1.06. The lowest BCUT2D eigenvalue weighted by Crippen LogP contribution is -2.44. The number of hydrogen-bond donors (Lipinski definition) is 1. The molecule has 1 fully saturated rings. The Labute approximate surface area is 80.6 Å². The minimum Gasteiger partial charge on any atom is -0.375 e. The highest BCUT2D eigenvalue weighted by molar-refractivity contribution is 5.08. The summed E-state index contributed by atoms with van der Waals surface area (Å²) in [5, 5.41) is 19.1. The molecule has 0 aromatic rings. The van der Waals surface area contributed by atoms with Gasteiger partial charge >= 0.3 is 0 Å². The van der Waals surface area contributed by atoms with Gasteiger partial charge in [-0.25, -0.2) is 0 Å². The quantitative estimate of drug-likeness (QED) is 0.631. The van der Waals surface area contributed by atoms with Crippen molar-refractivity contribution in [2.45, 2.75) is 45.6 Å². The molecule has 1 aliphatic rings. The van der Waals surface area contributed by atoms with E-state index in [0.717, 1.165) is 12.8 Å². The van der Waals surface area contributed by atoms with Gasteiger partial charge in [0.15, 0.2) is 5.60 Å². The number of aliphatic hydroxyl groups is 1. The molecule has 1 N–H and O–H groups in total. The van der Waals surface area contributed by atoms with Gasteiger partial charge in [-0.2, -0.15) is 5.26 Å². The van der Waals surface area contributed by atoms with E-state index in [0.29, 0.717) is 18.3 Å². The first-order valence-corrected chi connectivity index (χ1v) is 5.13. The van der Waals surface area contributed by atoms with Crippen LogP contribution in [0.1, 0.15) is 40.0 Å². The van der Waals surface area contributed by atoms with Crippen molar-refractivity contribution in [1.82, 2.24) is 0 Å². The number of hydrogen-bond acceptors (Lipinski definition) is 2. The van der Waals surface area contributed by atoms with E-state index < -0.39 is 5.60 Å². The van der Waals surface area contributed by atoms with Crippen LogP contribution in [0.2, 0.25) is 0 Å². The molecule has 0 heterocycles. The molecule has 1 rings (SSSR count). The summed E-state index contributed by atoms with van der Waals surface area (Å²) in [5.74, 6) is 1.05. The van der Waals surface area contributed by atoms with Crippen LogP contribution in [-0.2, 0) is 0 Å². The van der Waals surface area contributed by atoms with Crippen LogP contribution in [0.15, 0.2) is 0 Å². The van der Waals surface area contributed by atoms with Gasteiger partial charge < -0.3 is 5.11 Å². The van der Waals surface area contributed by atoms with Crippen LogP contribution in [0.4, 0.5) is 0 Å². The molecule has 0 amide bonds. The van der Waals surface area contributed by atoms with Crippen LogP contribution < -0.4 is 0 Å². The van der Waals surface area contributed by atoms with E-state index in [4.69, 9.17) is 5.26 Å². The van der Waals surface area contributed by atoms with E-state index in [2.05, 4.69) is 26.8 Å². The second kappa shape index (κ2) is 3.67. The van der Waals surface area contributed by atoms with Crippen LogP contribution in [0, 0.1) is 29.1 Å². The zero-order valence-corrected chi connectivity index (χ0v) is 8.75. The number of nitriles is 1. The molecule has 1 aliphatic carbocycles. The van der Waals surface area contributed by atoms with Crippen molar-refractivity contribution in [1.29, 1.82) is 5.26 Å². The minimum absolute atomic E-state index is 0.161. The van der Waals surface area contributed by atoms with Crippen molar-refractivity contribution in [3.8, 4) is 6.07 Å². The van der Waals surface area contributed by atoms with Gasteiger partial charge in [-0.15, -0.1) is 0 Å². The first-order valence-electron chi connectivity index (χ1n) is 5.13. The summed E-state index contributed by atoms with van der Waals surface area (Å²) in [6, 6.07) is 2.10. The Morgan fingerprint density at radius 1 is 1.46 bits per heavy atom. The maximum Gasteiger partial charge on any atom is 0.154 e. The van der Waals surface area contributed by atoms with E-state index in [1.54, 1.807) is 0 Å². The summed E-state index contributed by atoms with van der Waals surface area (Å²) in [6.45, 7) is 6.28. The molecule has 3 unspecified atom stereocenters. The fraction of sp³-hybridized carbons (Fsp3) is 0.909. The van der Waals surface area contributed by atoms with Gasteiger partial charge in [-0.1, -0.05) is 27.2 Å². The first-order chi connectivity index (χ1) is 5.99. The molecule has 13 heavy (non-hydrogen) atoms. The van der Waals surface area contributed by atoms with Gasteiger partial charge in [0.05, 0.1) is 6.07 Å². The summed E-state index contributed by atoms with van der Waals surface area (Å²) in [5.41, 5.74) is -1.06. The topological polar surface area (TPSA) is 44.0 Å². The summed E-state index contributed by atoms with van der Waals surface area (Å²) < 4.78 is 0. The molecule has 1 saturated carbocycles. The fourth-order valence-corrected chi connectivity index (χ4v) is 2.50. The van der Waals surface area contributed by atoms with E-state index in [9.17, 15) is 5.11 Å². The Hall–Kier alpha value is -0.550. The van der Waals surface area contributed by atoms with Crippen LogP contribution in [0.25, 0.3) is 0 Å². The molecule has 0 radical (unpaired) electrons. The predicted molar refractivity (Wildman–Crippen MR) is 51.9 cm³/mol. The van der Waals surface area contributed by atoms with Gasteiger partial charge in [-0.3, -0.25) is 0 Å². The average molecular weight is 181 g/mol. The van der Waals surface area contributed by atoms with Gasteiger partial charge in [0.25, 0.3) is 0 Å². The summed E-state index contributed by atoms with van der Waals surface area (Å²) >= 11 is 0. The van der Waals surface area contributed by atoms with Crippen molar-refractivity contribution < 1.29 is 5.11 Å². The molecule has 74 valence electrons. The summed E-state index contributed by atoms with van der Waals surface area (Å²) in [7, 11) is 0. The molecule has 3 atom stereocenters. The Kier molecular flexibility index (Phi) is 2.98. The van der Waals surface area contributed by atoms with Crippen LogP contribution in [-0.4, -0.2) is 10.7 Å². The summed E-state index contributed by atoms with van der Waals surface area (Å²) in [6.07, 6.45) is 2.78. The van der Waals surface area contributed by atoms with Gasteiger partial charge in [0.2, 0.25) is 0 Å². The molecule has 2 heteroatoms. The van der Waals surface area contributed by atoms with Crippen molar-refractivity contribution >= 4 is 0 Å². The molecule has 0 aromatic carbocycles. The lowest BCUT2D eigenvalue weighted by molar-refractivity contribution is -0.0342. The Balaban J connectivity index is 2.80. The smallest absolute Gasteiger partial charge is 0.154 e. The Bertz CT molecular complexity index is 219. The maximum atomic E-state index is 10.1. The highest BCUT2D eigenvalue weighted by atomic mass is 16.3. The summed E-state index contributed by atoms with van der Waals surface area (Å²) in [4.78, 5) is 0. The Morgan fingerprint density at radius 3 is 2.54 bits per heavy atom. The van der Waals surface area contributed by atoms with E-state index in [1.165, 1.54) is 0 Å². The van der Waals surface area contributed by atoms with Crippen LogP contribution >= 0.6 is 0 Å². The van der Waals surface area contributed by atoms with E-state index in [1.807, 2.05) is 0 Å². The molecule has 0 saturated heterocycles. The molecule has 0 aliphatic heterocycles. The van der Waals surface area contributed by atoms with Gasteiger partial charge in [0, 0.05) is 5.92 Å². The third-order valence-corrected chi connectivity index (χ3v) is 3.24. The monoisotopic (exact) mass is 181 g/mol. The zero-order valence-electron chi connectivity index (χ0n) is 8.75. The standard InChI is InChI=1S/C11H19NO/c1-8(2)10-5-4-9(3)6-11(10,13)7-12/h8-10,13H,4-6H2,1-3H3.